The molecule has 5 heteroatoms. The Hall–Kier alpha value is 0.460. The minimum absolute atomic E-state index is 0.0750. The van der Waals surface area contributed by atoms with Crippen molar-refractivity contribution in [3.05, 3.63) is 0 Å². The molecule has 1 aliphatic carbocycles. The Morgan fingerprint density at radius 2 is 2.21 bits per heavy atom. The molecule has 0 amide bonds. The Balaban J connectivity index is 1.83. The largest absolute Gasteiger partial charge is 0.297 e. The summed E-state index contributed by atoms with van der Waals surface area (Å²) in [5.74, 6) is -0.198. The van der Waals surface area contributed by atoms with Gasteiger partial charge in [-0.05, 0) is 0 Å². The number of thioether (sulfide) groups is 1. The third-order valence-electron chi connectivity index (χ3n) is 2.94. The van der Waals surface area contributed by atoms with Crippen LogP contribution in [0, 0.1) is 5.92 Å². The van der Waals surface area contributed by atoms with Gasteiger partial charge in [0.2, 0.25) is 0 Å². The summed E-state index contributed by atoms with van der Waals surface area (Å²) in [5.41, 5.74) is 0. The zero-order chi connectivity index (χ0) is 10.2. The van der Waals surface area contributed by atoms with E-state index in [2.05, 4.69) is 4.90 Å². The Labute approximate surface area is 92.2 Å². The fourth-order valence-corrected chi connectivity index (χ4v) is 3.39. The van der Waals surface area contributed by atoms with E-state index in [0.29, 0.717) is 18.5 Å². The molecule has 2 rings (SSSR count). The number of hydrogen-bond donors (Lipinski definition) is 0. The van der Waals surface area contributed by atoms with Gasteiger partial charge >= 0.3 is 0 Å². The van der Waals surface area contributed by atoms with Gasteiger partial charge in [0.25, 0.3) is 5.92 Å². The topological polar surface area (TPSA) is 3.24 Å². The Morgan fingerprint density at radius 1 is 1.50 bits per heavy atom. The zero-order valence-electron chi connectivity index (χ0n) is 7.89. The van der Waals surface area contributed by atoms with Crippen molar-refractivity contribution < 1.29 is 8.78 Å². The lowest BCUT2D eigenvalue weighted by Gasteiger charge is -2.34. The molecule has 1 saturated heterocycles. The number of hydrogen-bond acceptors (Lipinski definition) is 2. The van der Waals surface area contributed by atoms with Gasteiger partial charge in [0.15, 0.2) is 0 Å². The second kappa shape index (κ2) is 4.14. The fourth-order valence-electron chi connectivity index (χ4n) is 1.82. The van der Waals surface area contributed by atoms with E-state index in [9.17, 15) is 8.78 Å². The zero-order valence-corrected chi connectivity index (χ0v) is 9.46. The van der Waals surface area contributed by atoms with Crippen LogP contribution >= 0.6 is 23.4 Å². The number of nitrogens with zero attached hydrogens (tertiary/aromatic N) is 1. The summed E-state index contributed by atoms with van der Waals surface area (Å²) in [5, 5.41) is 0. The smallest absolute Gasteiger partial charge is 0.252 e. The quantitative estimate of drug-likeness (QED) is 0.698. The second-order valence-electron chi connectivity index (χ2n) is 4.04. The maximum atomic E-state index is 12.7. The highest BCUT2D eigenvalue weighted by Gasteiger charge is 2.57. The van der Waals surface area contributed by atoms with Gasteiger partial charge in [-0.15, -0.1) is 11.6 Å². The van der Waals surface area contributed by atoms with Crippen LogP contribution in [0.1, 0.15) is 6.42 Å². The van der Waals surface area contributed by atoms with Gasteiger partial charge in [-0.2, -0.15) is 11.8 Å². The number of halogens is 3. The molecule has 0 spiro atoms. The average molecular weight is 242 g/mol. The third-order valence-corrected chi connectivity index (χ3v) is 4.39. The lowest BCUT2D eigenvalue weighted by Crippen LogP contribution is -2.44. The first-order chi connectivity index (χ1) is 6.63. The monoisotopic (exact) mass is 241 g/mol. The van der Waals surface area contributed by atoms with E-state index >= 15 is 0 Å². The van der Waals surface area contributed by atoms with E-state index < -0.39 is 11.8 Å². The van der Waals surface area contributed by atoms with Crippen LogP contribution < -0.4 is 0 Å². The minimum Gasteiger partial charge on any atom is -0.297 e. The molecule has 1 heterocycles. The molecule has 0 aromatic rings. The van der Waals surface area contributed by atoms with Crippen LogP contribution in [-0.2, 0) is 0 Å². The summed E-state index contributed by atoms with van der Waals surface area (Å²) in [7, 11) is 0. The fraction of sp³-hybridized carbons (Fsp3) is 1.00. The van der Waals surface area contributed by atoms with Crippen molar-refractivity contribution in [3.8, 4) is 0 Å². The molecule has 1 aliphatic heterocycles. The first-order valence-corrected chi connectivity index (χ1v) is 6.58. The Morgan fingerprint density at radius 3 is 2.79 bits per heavy atom. The highest BCUT2D eigenvalue weighted by molar-refractivity contribution is 7.99. The van der Waals surface area contributed by atoms with Crippen molar-refractivity contribution in [2.75, 3.05) is 30.5 Å². The van der Waals surface area contributed by atoms with E-state index in [4.69, 9.17) is 11.6 Å². The third kappa shape index (κ3) is 2.34. The lowest BCUT2D eigenvalue weighted by molar-refractivity contribution is 0.0838. The van der Waals surface area contributed by atoms with Crippen molar-refractivity contribution in [2.24, 2.45) is 5.92 Å². The summed E-state index contributed by atoms with van der Waals surface area (Å²) in [4.78, 5) is 2.13. The predicted molar refractivity (Wildman–Crippen MR) is 56.5 cm³/mol. The van der Waals surface area contributed by atoms with Gasteiger partial charge in [-0.1, -0.05) is 0 Å². The molecule has 82 valence electrons. The van der Waals surface area contributed by atoms with Gasteiger partial charge in [0.05, 0.1) is 0 Å². The maximum absolute atomic E-state index is 12.7. The van der Waals surface area contributed by atoms with E-state index in [0.717, 1.165) is 18.1 Å². The first kappa shape index (κ1) is 11.0. The molecule has 2 fully saturated rings. The SMILES string of the molecule is FC1(F)CC1CN1CCSCC1CCl. The van der Waals surface area contributed by atoms with Crippen molar-refractivity contribution in [1.82, 2.24) is 4.90 Å². The van der Waals surface area contributed by atoms with Gasteiger partial charge in [-0.25, -0.2) is 8.78 Å². The molecular formula is C9H14ClF2NS. The lowest BCUT2D eigenvalue weighted by atomic mass is 10.2. The molecule has 0 aromatic carbocycles. The van der Waals surface area contributed by atoms with Gasteiger partial charge in [0, 0.05) is 48.9 Å². The number of rotatable bonds is 3. The van der Waals surface area contributed by atoms with Crippen LogP contribution in [0.3, 0.4) is 0 Å². The van der Waals surface area contributed by atoms with Crippen LogP contribution in [0.5, 0.6) is 0 Å². The molecule has 1 saturated carbocycles. The van der Waals surface area contributed by atoms with E-state index in [1.54, 1.807) is 0 Å². The highest BCUT2D eigenvalue weighted by atomic mass is 35.5. The molecule has 0 bridgehead atoms. The summed E-state index contributed by atoms with van der Waals surface area (Å²) >= 11 is 7.67. The standard InChI is InChI=1S/C9H14ClF2NS/c10-4-8-6-14-2-1-13(8)5-7-3-9(7,11)12/h7-8H,1-6H2. The molecule has 0 radical (unpaired) electrons. The second-order valence-corrected chi connectivity index (χ2v) is 5.50. The van der Waals surface area contributed by atoms with Crippen LogP contribution in [0.4, 0.5) is 8.78 Å². The van der Waals surface area contributed by atoms with Gasteiger partial charge in [-0.3, -0.25) is 4.90 Å². The summed E-state index contributed by atoms with van der Waals surface area (Å²) in [6, 6.07) is 0.298. The summed E-state index contributed by atoms with van der Waals surface area (Å²) in [6.07, 6.45) is 0.0750. The van der Waals surface area contributed by atoms with E-state index in [1.807, 2.05) is 11.8 Å². The summed E-state index contributed by atoms with van der Waals surface area (Å²) < 4.78 is 25.4. The van der Waals surface area contributed by atoms with Crippen LogP contribution in [0.25, 0.3) is 0 Å². The van der Waals surface area contributed by atoms with Crippen LogP contribution in [0.2, 0.25) is 0 Å². The van der Waals surface area contributed by atoms with Crippen LogP contribution in [0.15, 0.2) is 0 Å². The molecule has 14 heavy (non-hydrogen) atoms. The molecule has 1 nitrogen and oxygen atoms in total. The molecule has 2 aliphatic rings. The molecule has 2 atom stereocenters. The van der Waals surface area contributed by atoms with E-state index in [-0.39, 0.29) is 6.42 Å². The molecule has 0 N–H and O–H groups in total. The number of alkyl halides is 3. The van der Waals surface area contributed by atoms with Gasteiger partial charge < -0.3 is 0 Å². The van der Waals surface area contributed by atoms with Crippen LogP contribution in [-0.4, -0.2) is 47.3 Å². The minimum atomic E-state index is -2.39. The normalized spacial score (nSPS) is 37.1. The van der Waals surface area contributed by atoms with E-state index in [1.165, 1.54) is 0 Å². The summed E-state index contributed by atoms with van der Waals surface area (Å²) in [6.45, 7) is 1.44. The first-order valence-electron chi connectivity index (χ1n) is 4.89. The average Bonchev–Trinajstić information content (AvgIpc) is 2.75. The molecular weight excluding hydrogens is 228 g/mol. The molecule has 2 unspecified atom stereocenters. The predicted octanol–water partition coefficient (Wildman–Crippen LogP) is 2.30. The maximum Gasteiger partial charge on any atom is 0.252 e. The Kier molecular flexibility index (Phi) is 3.24. The molecule has 0 aromatic heterocycles. The van der Waals surface area contributed by atoms with Crippen molar-refractivity contribution >= 4 is 23.4 Å². The van der Waals surface area contributed by atoms with Crippen molar-refractivity contribution in [3.63, 3.8) is 0 Å². The van der Waals surface area contributed by atoms with Crippen molar-refractivity contribution in [2.45, 2.75) is 18.4 Å². The van der Waals surface area contributed by atoms with Crippen molar-refractivity contribution in [1.29, 1.82) is 0 Å². The Bertz CT molecular complexity index is 215. The van der Waals surface area contributed by atoms with Gasteiger partial charge in [0.1, 0.15) is 0 Å². The highest BCUT2D eigenvalue weighted by Crippen LogP contribution is 2.49.